The lowest BCUT2D eigenvalue weighted by molar-refractivity contribution is -0.144. The Morgan fingerprint density at radius 3 is 1.53 bits per heavy atom. The molecule has 1 aliphatic heterocycles. The number of halogens is 6. The Bertz CT molecular complexity index is 1510. The molecule has 0 fully saturated rings. The fourth-order valence-corrected chi connectivity index (χ4v) is 4.94. The smallest absolute Gasteiger partial charge is 0.416 e. The molecule has 0 radical (unpaired) electrons. The SMILES string of the molecule is FC(F)(F)c1cc(C2=CO[C@H](COCc3ccccc3)[C@H](OCc3ccccc3)[C@@H]2OCc2ccccc2)cc(C(F)(F)F)c1. The average molecular weight is 629 g/mol. The second-order valence-electron chi connectivity index (χ2n) is 10.5. The minimum Gasteiger partial charge on any atom is -0.492 e. The molecule has 0 amide bonds. The number of ether oxygens (including phenoxy) is 4. The first-order chi connectivity index (χ1) is 21.6. The quantitative estimate of drug-likeness (QED) is 0.156. The van der Waals surface area contributed by atoms with Crippen molar-refractivity contribution in [2.24, 2.45) is 0 Å². The summed E-state index contributed by atoms with van der Waals surface area (Å²) in [4.78, 5) is 0. The van der Waals surface area contributed by atoms with Gasteiger partial charge in [-0.2, -0.15) is 26.3 Å². The summed E-state index contributed by atoms with van der Waals surface area (Å²) < 4.78 is 107. The van der Waals surface area contributed by atoms with Crippen molar-refractivity contribution in [1.82, 2.24) is 0 Å². The molecule has 5 rings (SSSR count). The lowest BCUT2D eigenvalue weighted by Crippen LogP contribution is -2.47. The third-order valence-corrected chi connectivity index (χ3v) is 7.21. The van der Waals surface area contributed by atoms with Gasteiger partial charge in [0, 0.05) is 5.57 Å². The van der Waals surface area contributed by atoms with Crippen LogP contribution in [0, 0.1) is 0 Å². The summed E-state index contributed by atoms with van der Waals surface area (Å²) in [6.45, 7) is 0.357. The molecule has 0 unspecified atom stereocenters. The van der Waals surface area contributed by atoms with E-state index in [9.17, 15) is 26.3 Å². The van der Waals surface area contributed by atoms with Gasteiger partial charge in [0.15, 0.2) is 0 Å². The number of alkyl halides is 6. The van der Waals surface area contributed by atoms with E-state index < -0.39 is 41.8 Å². The Labute approximate surface area is 256 Å². The standard InChI is InChI=1S/C35H30F6O4/c36-34(37,38)28-16-27(17-29(18-28)35(39,40)41)30-22-43-31(23-42-19-24-10-4-1-5-11-24)33(45-21-26-14-8-3-9-15-26)32(30)44-20-25-12-6-2-7-13-25/h1-18,22,31-33H,19-21,23H2/t31-,32-,33+/m1/s1. The van der Waals surface area contributed by atoms with E-state index in [1.54, 1.807) is 24.3 Å². The normalized spacial score (nSPS) is 18.7. The Morgan fingerprint density at radius 2 is 1.04 bits per heavy atom. The van der Waals surface area contributed by atoms with Crippen molar-refractivity contribution in [3.63, 3.8) is 0 Å². The van der Waals surface area contributed by atoms with Gasteiger partial charge in [-0.1, -0.05) is 91.0 Å². The monoisotopic (exact) mass is 628 g/mol. The van der Waals surface area contributed by atoms with Crippen LogP contribution in [0.4, 0.5) is 26.3 Å². The third-order valence-electron chi connectivity index (χ3n) is 7.21. The van der Waals surface area contributed by atoms with E-state index in [4.69, 9.17) is 18.9 Å². The molecule has 0 bridgehead atoms. The molecule has 10 heteroatoms. The zero-order valence-electron chi connectivity index (χ0n) is 23.9. The van der Waals surface area contributed by atoms with Crippen molar-refractivity contribution < 1.29 is 45.3 Å². The van der Waals surface area contributed by atoms with E-state index in [2.05, 4.69) is 0 Å². The van der Waals surface area contributed by atoms with Gasteiger partial charge in [0.25, 0.3) is 0 Å². The van der Waals surface area contributed by atoms with Crippen LogP contribution in [0.5, 0.6) is 0 Å². The Balaban J connectivity index is 1.52. The molecule has 4 aromatic carbocycles. The zero-order chi connectivity index (χ0) is 31.9. The average Bonchev–Trinajstić information content (AvgIpc) is 3.03. The van der Waals surface area contributed by atoms with Crippen molar-refractivity contribution in [2.45, 2.75) is 50.5 Å². The molecule has 0 spiro atoms. The van der Waals surface area contributed by atoms with Gasteiger partial charge in [-0.15, -0.1) is 0 Å². The van der Waals surface area contributed by atoms with Gasteiger partial charge in [0.2, 0.25) is 0 Å². The maximum atomic E-state index is 13.8. The number of hydrogen-bond donors (Lipinski definition) is 0. The molecule has 1 heterocycles. The lowest BCUT2D eigenvalue weighted by atomic mass is 9.90. The van der Waals surface area contributed by atoms with Crippen LogP contribution < -0.4 is 0 Å². The fourth-order valence-electron chi connectivity index (χ4n) is 4.94. The maximum absolute atomic E-state index is 13.8. The van der Waals surface area contributed by atoms with Gasteiger partial charge in [0.05, 0.1) is 43.8 Å². The Hall–Kier alpha value is -4.12. The van der Waals surface area contributed by atoms with Crippen LogP contribution in [-0.2, 0) is 51.1 Å². The fraction of sp³-hybridized carbons (Fsp3) is 0.257. The van der Waals surface area contributed by atoms with Crippen molar-refractivity contribution in [3.8, 4) is 0 Å². The second-order valence-corrected chi connectivity index (χ2v) is 10.5. The van der Waals surface area contributed by atoms with Crippen molar-refractivity contribution in [1.29, 1.82) is 0 Å². The summed E-state index contributed by atoms with van der Waals surface area (Å²) in [5, 5.41) is 0. The molecular formula is C35H30F6O4. The van der Waals surface area contributed by atoms with Crippen LogP contribution >= 0.6 is 0 Å². The second kappa shape index (κ2) is 14.3. The number of benzene rings is 4. The third kappa shape index (κ3) is 8.75. The zero-order valence-corrected chi connectivity index (χ0v) is 23.9. The van der Waals surface area contributed by atoms with Crippen LogP contribution in [0.3, 0.4) is 0 Å². The van der Waals surface area contributed by atoms with Gasteiger partial charge in [-0.05, 0) is 40.5 Å². The highest BCUT2D eigenvalue weighted by atomic mass is 19.4. The molecule has 3 atom stereocenters. The summed E-state index contributed by atoms with van der Waals surface area (Å²) in [7, 11) is 0. The lowest BCUT2D eigenvalue weighted by Gasteiger charge is -2.38. The first-order valence-electron chi connectivity index (χ1n) is 14.2. The van der Waals surface area contributed by atoms with E-state index in [-0.39, 0.29) is 43.6 Å². The van der Waals surface area contributed by atoms with Crippen LogP contribution in [0.1, 0.15) is 33.4 Å². The van der Waals surface area contributed by atoms with Gasteiger partial charge >= 0.3 is 12.4 Å². The molecule has 45 heavy (non-hydrogen) atoms. The minimum atomic E-state index is -5.02. The first kappa shape index (κ1) is 32.3. The maximum Gasteiger partial charge on any atom is 0.416 e. The van der Waals surface area contributed by atoms with Gasteiger partial charge in [-0.25, -0.2) is 0 Å². The first-order valence-corrected chi connectivity index (χ1v) is 14.2. The van der Waals surface area contributed by atoms with E-state index in [1.807, 2.05) is 66.7 Å². The number of rotatable bonds is 11. The summed E-state index contributed by atoms with van der Waals surface area (Å²) in [5.41, 5.74) is -0.769. The predicted octanol–water partition coefficient (Wildman–Crippen LogP) is 8.85. The molecule has 0 saturated carbocycles. The highest BCUT2D eigenvalue weighted by molar-refractivity contribution is 5.71. The molecule has 0 saturated heterocycles. The van der Waals surface area contributed by atoms with Crippen LogP contribution in [-0.4, -0.2) is 24.9 Å². The van der Waals surface area contributed by atoms with Crippen molar-refractivity contribution in [2.75, 3.05) is 6.61 Å². The highest BCUT2D eigenvalue weighted by Crippen LogP contribution is 2.40. The molecule has 0 aliphatic carbocycles. The molecule has 4 nitrogen and oxygen atoms in total. The van der Waals surface area contributed by atoms with Crippen LogP contribution in [0.25, 0.3) is 5.57 Å². The predicted molar refractivity (Wildman–Crippen MR) is 155 cm³/mol. The van der Waals surface area contributed by atoms with Gasteiger partial charge in [0.1, 0.15) is 18.3 Å². The largest absolute Gasteiger partial charge is 0.492 e. The van der Waals surface area contributed by atoms with Gasteiger partial charge < -0.3 is 18.9 Å². The Kier molecular flexibility index (Phi) is 10.3. The molecule has 0 aromatic heterocycles. The van der Waals surface area contributed by atoms with E-state index in [0.717, 1.165) is 23.0 Å². The van der Waals surface area contributed by atoms with E-state index in [1.165, 1.54) is 0 Å². The van der Waals surface area contributed by atoms with E-state index >= 15 is 0 Å². The van der Waals surface area contributed by atoms with Gasteiger partial charge in [-0.3, -0.25) is 0 Å². The topological polar surface area (TPSA) is 36.9 Å². The van der Waals surface area contributed by atoms with E-state index in [0.29, 0.717) is 12.1 Å². The molecule has 1 aliphatic rings. The Morgan fingerprint density at radius 1 is 0.578 bits per heavy atom. The molecule has 0 N–H and O–H groups in total. The van der Waals surface area contributed by atoms with Crippen molar-refractivity contribution in [3.05, 3.63) is 149 Å². The summed E-state index contributed by atoms with van der Waals surface area (Å²) in [6.07, 6.45) is -11.8. The number of hydrogen-bond acceptors (Lipinski definition) is 4. The summed E-state index contributed by atoms with van der Waals surface area (Å²) in [6, 6.07) is 29.0. The molecular weight excluding hydrogens is 598 g/mol. The summed E-state index contributed by atoms with van der Waals surface area (Å²) in [5.74, 6) is 0. The summed E-state index contributed by atoms with van der Waals surface area (Å²) >= 11 is 0. The molecule has 236 valence electrons. The molecule has 4 aromatic rings. The van der Waals surface area contributed by atoms with Crippen LogP contribution in [0.2, 0.25) is 0 Å². The van der Waals surface area contributed by atoms with Crippen LogP contribution in [0.15, 0.2) is 115 Å². The minimum absolute atomic E-state index is 0.0106. The van der Waals surface area contributed by atoms with Crippen molar-refractivity contribution >= 4 is 5.57 Å². The highest BCUT2D eigenvalue weighted by Gasteiger charge is 2.42.